The Hall–Kier alpha value is -3.88. The molecular formula is C23H24N4O5. The minimum absolute atomic E-state index is 0.0138. The summed E-state index contributed by atoms with van der Waals surface area (Å²) in [5, 5.41) is 10.6. The van der Waals surface area contributed by atoms with Gasteiger partial charge < -0.3 is 18.8 Å². The molecule has 1 aromatic heterocycles. The van der Waals surface area contributed by atoms with Gasteiger partial charge in [0.1, 0.15) is 11.5 Å². The molecule has 2 amide bonds. The summed E-state index contributed by atoms with van der Waals surface area (Å²) in [7, 11) is 1.57. The number of ether oxygens (including phenoxy) is 2. The number of hydrogen-bond donors (Lipinski definition) is 1. The van der Waals surface area contributed by atoms with Crippen molar-refractivity contribution in [1.29, 1.82) is 0 Å². The van der Waals surface area contributed by atoms with Crippen LogP contribution >= 0.6 is 0 Å². The highest BCUT2D eigenvalue weighted by molar-refractivity contribution is 5.96. The second kappa shape index (κ2) is 9.51. The zero-order chi connectivity index (χ0) is 22.5. The van der Waals surface area contributed by atoms with Crippen molar-refractivity contribution < 1.29 is 23.5 Å². The highest BCUT2D eigenvalue weighted by Crippen LogP contribution is 2.32. The van der Waals surface area contributed by atoms with E-state index in [4.69, 9.17) is 13.9 Å². The molecule has 0 bridgehead atoms. The second-order valence-corrected chi connectivity index (χ2v) is 7.35. The molecule has 0 aliphatic carbocycles. The van der Waals surface area contributed by atoms with Gasteiger partial charge in [0, 0.05) is 18.7 Å². The number of nitrogens with one attached hydrogen (secondary N) is 1. The lowest BCUT2D eigenvalue weighted by Crippen LogP contribution is -2.24. The summed E-state index contributed by atoms with van der Waals surface area (Å²) in [6.45, 7) is 2.92. The topological polar surface area (TPSA) is 107 Å². The second-order valence-electron chi connectivity index (χ2n) is 7.35. The van der Waals surface area contributed by atoms with Crippen molar-refractivity contribution in [2.75, 3.05) is 30.5 Å². The molecule has 0 spiro atoms. The Bertz CT molecular complexity index is 1100. The lowest BCUT2D eigenvalue weighted by Gasteiger charge is -2.16. The van der Waals surface area contributed by atoms with E-state index in [9.17, 15) is 9.59 Å². The molecule has 2 aromatic carbocycles. The molecule has 32 heavy (non-hydrogen) atoms. The Labute approximate surface area is 185 Å². The van der Waals surface area contributed by atoms with Crippen molar-refractivity contribution in [3.05, 3.63) is 60.0 Å². The maximum Gasteiger partial charge on any atom is 0.322 e. The fourth-order valence-electron chi connectivity index (χ4n) is 3.59. The minimum Gasteiger partial charge on any atom is -0.497 e. The van der Waals surface area contributed by atoms with Crippen LogP contribution in [0.2, 0.25) is 0 Å². The molecule has 1 fully saturated rings. The minimum atomic E-state index is -0.285. The Morgan fingerprint density at radius 1 is 1.19 bits per heavy atom. The number of hydrogen-bond acceptors (Lipinski definition) is 7. The Morgan fingerprint density at radius 3 is 2.75 bits per heavy atom. The van der Waals surface area contributed by atoms with Crippen molar-refractivity contribution in [2.45, 2.75) is 25.7 Å². The lowest BCUT2D eigenvalue weighted by molar-refractivity contribution is -0.117. The maximum atomic E-state index is 12.5. The molecule has 2 heterocycles. The predicted molar refractivity (Wildman–Crippen MR) is 117 cm³/mol. The van der Waals surface area contributed by atoms with E-state index in [1.807, 2.05) is 49.4 Å². The first-order valence-corrected chi connectivity index (χ1v) is 10.3. The van der Waals surface area contributed by atoms with E-state index < -0.39 is 0 Å². The summed E-state index contributed by atoms with van der Waals surface area (Å²) < 4.78 is 16.2. The van der Waals surface area contributed by atoms with Crippen LogP contribution in [0.4, 0.5) is 11.7 Å². The SMILES string of the molecule is CCOc1ccc(N2CC(c3nnc(NC(=O)Cc4cccc(OC)c4)o3)CC2=O)cc1. The largest absolute Gasteiger partial charge is 0.497 e. The highest BCUT2D eigenvalue weighted by atomic mass is 16.5. The number of benzene rings is 2. The third-order valence-electron chi connectivity index (χ3n) is 5.12. The van der Waals surface area contributed by atoms with Crippen LogP contribution in [0.5, 0.6) is 11.5 Å². The number of carbonyl (C=O) groups excluding carboxylic acids is 2. The van der Waals surface area contributed by atoms with Crippen molar-refractivity contribution in [1.82, 2.24) is 10.2 Å². The lowest BCUT2D eigenvalue weighted by atomic mass is 10.1. The molecule has 1 saturated heterocycles. The molecule has 9 nitrogen and oxygen atoms in total. The van der Waals surface area contributed by atoms with Gasteiger partial charge in [0.2, 0.25) is 17.7 Å². The summed E-state index contributed by atoms with van der Waals surface area (Å²) in [6, 6.07) is 14.6. The number of nitrogens with zero attached hydrogens (tertiary/aromatic N) is 3. The van der Waals surface area contributed by atoms with Crippen LogP contribution in [-0.2, 0) is 16.0 Å². The number of amides is 2. The molecule has 166 valence electrons. The van der Waals surface area contributed by atoms with Crippen LogP contribution in [0.15, 0.2) is 52.9 Å². The number of anilines is 2. The molecule has 1 atom stereocenters. The van der Waals surface area contributed by atoms with E-state index in [1.54, 1.807) is 18.1 Å². The van der Waals surface area contributed by atoms with E-state index in [2.05, 4.69) is 15.5 Å². The van der Waals surface area contributed by atoms with Crippen molar-refractivity contribution in [3.63, 3.8) is 0 Å². The summed E-state index contributed by atoms with van der Waals surface area (Å²) in [5.74, 6) is 1.20. The number of rotatable bonds is 8. The first-order chi connectivity index (χ1) is 15.6. The van der Waals surface area contributed by atoms with Crippen LogP contribution < -0.4 is 19.7 Å². The standard InChI is InChI=1S/C23H24N4O5/c1-3-31-18-9-7-17(8-10-18)27-14-16(13-21(27)29)22-25-26-23(32-22)24-20(28)12-15-5-4-6-19(11-15)30-2/h4-11,16H,3,12-14H2,1-2H3,(H,24,26,28). The Balaban J connectivity index is 1.37. The smallest absolute Gasteiger partial charge is 0.322 e. The van der Waals surface area contributed by atoms with E-state index in [-0.39, 0.29) is 36.6 Å². The van der Waals surface area contributed by atoms with Gasteiger partial charge in [-0.2, -0.15) is 0 Å². The Morgan fingerprint density at radius 2 is 2.00 bits per heavy atom. The van der Waals surface area contributed by atoms with Crippen molar-refractivity contribution >= 4 is 23.5 Å². The summed E-state index contributed by atoms with van der Waals surface area (Å²) in [5.41, 5.74) is 1.58. The zero-order valence-electron chi connectivity index (χ0n) is 17.9. The molecule has 0 saturated carbocycles. The van der Waals surface area contributed by atoms with Gasteiger partial charge in [-0.05, 0) is 48.9 Å². The molecule has 1 unspecified atom stereocenters. The van der Waals surface area contributed by atoms with Gasteiger partial charge in [-0.1, -0.05) is 17.2 Å². The van der Waals surface area contributed by atoms with Gasteiger partial charge in [-0.3, -0.25) is 14.9 Å². The zero-order valence-corrected chi connectivity index (χ0v) is 17.9. The Kier molecular flexibility index (Phi) is 6.34. The molecule has 9 heteroatoms. The van der Waals surface area contributed by atoms with Crippen LogP contribution in [0.1, 0.15) is 30.7 Å². The first-order valence-electron chi connectivity index (χ1n) is 10.3. The fraction of sp³-hybridized carbons (Fsp3) is 0.304. The monoisotopic (exact) mass is 436 g/mol. The van der Waals surface area contributed by atoms with Gasteiger partial charge in [0.05, 0.1) is 26.1 Å². The molecule has 4 rings (SSSR count). The van der Waals surface area contributed by atoms with Crippen molar-refractivity contribution in [3.8, 4) is 11.5 Å². The van der Waals surface area contributed by atoms with Crippen LogP contribution in [0, 0.1) is 0 Å². The first kappa shape index (κ1) is 21.4. The summed E-state index contributed by atoms with van der Waals surface area (Å²) >= 11 is 0. The van der Waals surface area contributed by atoms with Gasteiger partial charge in [0.25, 0.3) is 0 Å². The molecular weight excluding hydrogens is 412 g/mol. The average Bonchev–Trinajstić information content (AvgIpc) is 3.41. The maximum absolute atomic E-state index is 12.5. The van der Waals surface area contributed by atoms with E-state index in [1.165, 1.54) is 0 Å². The summed E-state index contributed by atoms with van der Waals surface area (Å²) in [4.78, 5) is 26.5. The highest BCUT2D eigenvalue weighted by Gasteiger charge is 2.35. The van der Waals surface area contributed by atoms with Gasteiger partial charge >= 0.3 is 6.01 Å². The molecule has 1 aliphatic heterocycles. The number of methoxy groups -OCH3 is 1. The van der Waals surface area contributed by atoms with E-state index in [0.717, 1.165) is 17.0 Å². The van der Waals surface area contributed by atoms with Gasteiger partial charge in [0.15, 0.2) is 0 Å². The third kappa shape index (κ3) is 4.88. The van der Waals surface area contributed by atoms with E-state index in [0.29, 0.717) is 24.8 Å². The number of aromatic nitrogens is 2. The van der Waals surface area contributed by atoms with E-state index >= 15 is 0 Å². The van der Waals surface area contributed by atoms with Gasteiger partial charge in [-0.25, -0.2) is 0 Å². The van der Waals surface area contributed by atoms with Crippen LogP contribution in [0.25, 0.3) is 0 Å². The average molecular weight is 436 g/mol. The molecule has 1 aliphatic rings. The van der Waals surface area contributed by atoms with Crippen LogP contribution in [-0.4, -0.2) is 42.3 Å². The fourth-order valence-corrected chi connectivity index (χ4v) is 3.59. The quantitative estimate of drug-likeness (QED) is 0.578. The van der Waals surface area contributed by atoms with Gasteiger partial charge in [-0.15, -0.1) is 5.10 Å². The normalized spacial score (nSPS) is 15.6. The predicted octanol–water partition coefficient (Wildman–Crippen LogP) is 3.18. The molecule has 1 N–H and O–H groups in total. The molecule has 0 radical (unpaired) electrons. The van der Waals surface area contributed by atoms with Crippen LogP contribution in [0.3, 0.4) is 0 Å². The number of carbonyl (C=O) groups is 2. The third-order valence-corrected chi connectivity index (χ3v) is 5.12. The summed E-state index contributed by atoms with van der Waals surface area (Å²) in [6.07, 6.45) is 0.398. The van der Waals surface area contributed by atoms with Crippen molar-refractivity contribution in [2.24, 2.45) is 0 Å². The molecule has 3 aromatic rings.